The van der Waals surface area contributed by atoms with Crippen molar-refractivity contribution in [2.75, 3.05) is 0 Å². The summed E-state index contributed by atoms with van der Waals surface area (Å²) >= 11 is 1.20. The van der Waals surface area contributed by atoms with E-state index < -0.39 is 0 Å². The average Bonchev–Trinajstić information content (AvgIpc) is 2.46. The molecule has 0 aliphatic carbocycles. The van der Waals surface area contributed by atoms with Crippen LogP contribution >= 0.6 is 11.8 Å². The van der Waals surface area contributed by atoms with Gasteiger partial charge in [0.25, 0.3) is 0 Å². The lowest BCUT2D eigenvalue weighted by atomic mass is 10.1. The second-order valence-electron chi connectivity index (χ2n) is 4.03. The van der Waals surface area contributed by atoms with Crippen LogP contribution in [0.2, 0.25) is 0 Å². The van der Waals surface area contributed by atoms with Crippen LogP contribution in [0, 0.1) is 23.2 Å². The van der Waals surface area contributed by atoms with Gasteiger partial charge in [-0.15, -0.1) is 0 Å². The standard InChI is InChI=1S/C17H11NOS/c1-13(19)20-17-10-7-14(8-11-17)6-9-15-4-2-3-5-16(15)12-18/h2-5,7-8,10-11H,1H3. The Bertz CT molecular complexity index is 730. The molecule has 0 aliphatic rings. The molecule has 0 spiro atoms. The van der Waals surface area contributed by atoms with Crippen LogP contribution in [0.5, 0.6) is 0 Å². The van der Waals surface area contributed by atoms with Gasteiger partial charge in [0.05, 0.1) is 5.56 Å². The Morgan fingerprint density at radius 3 is 2.25 bits per heavy atom. The predicted octanol–water partition coefficient (Wildman–Crippen LogP) is 3.60. The van der Waals surface area contributed by atoms with Crippen LogP contribution in [0.15, 0.2) is 53.4 Å². The molecule has 0 bridgehead atoms. The minimum atomic E-state index is 0.0618. The molecule has 0 aromatic heterocycles. The van der Waals surface area contributed by atoms with Crippen molar-refractivity contribution >= 4 is 16.9 Å². The van der Waals surface area contributed by atoms with Crippen LogP contribution in [-0.4, -0.2) is 5.12 Å². The molecule has 0 atom stereocenters. The van der Waals surface area contributed by atoms with Crippen molar-refractivity contribution in [3.63, 3.8) is 0 Å². The number of benzene rings is 2. The molecule has 0 heterocycles. The maximum atomic E-state index is 11.0. The predicted molar refractivity (Wildman–Crippen MR) is 80.1 cm³/mol. The van der Waals surface area contributed by atoms with Crippen molar-refractivity contribution in [2.24, 2.45) is 0 Å². The molecule has 0 unspecified atom stereocenters. The van der Waals surface area contributed by atoms with Gasteiger partial charge in [-0.1, -0.05) is 35.7 Å². The lowest BCUT2D eigenvalue weighted by Gasteiger charge is -1.97. The van der Waals surface area contributed by atoms with E-state index in [0.717, 1.165) is 16.0 Å². The summed E-state index contributed by atoms with van der Waals surface area (Å²) in [5.74, 6) is 6.02. The summed E-state index contributed by atoms with van der Waals surface area (Å²) in [4.78, 5) is 11.9. The maximum Gasteiger partial charge on any atom is 0.190 e. The summed E-state index contributed by atoms with van der Waals surface area (Å²) < 4.78 is 0. The van der Waals surface area contributed by atoms with E-state index in [1.165, 1.54) is 18.7 Å². The molecular weight excluding hydrogens is 266 g/mol. The normalized spacial score (nSPS) is 9.20. The number of thioether (sulfide) groups is 1. The lowest BCUT2D eigenvalue weighted by molar-refractivity contribution is -0.109. The second kappa shape index (κ2) is 6.61. The Morgan fingerprint density at radius 2 is 1.65 bits per heavy atom. The second-order valence-corrected chi connectivity index (χ2v) is 5.28. The van der Waals surface area contributed by atoms with Gasteiger partial charge in [-0.05, 0) is 36.4 Å². The molecule has 2 aromatic carbocycles. The van der Waals surface area contributed by atoms with Crippen LogP contribution in [0.25, 0.3) is 0 Å². The van der Waals surface area contributed by atoms with E-state index in [0.29, 0.717) is 5.56 Å². The Labute approximate surface area is 122 Å². The number of nitrogens with zero attached hydrogens (tertiary/aromatic N) is 1. The van der Waals surface area contributed by atoms with Crippen molar-refractivity contribution in [2.45, 2.75) is 11.8 Å². The van der Waals surface area contributed by atoms with Gasteiger partial charge in [0.2, 0.25) is 0 Å². The zero-order valence-corrected chi connectivity index (χ0v) is 11.7. The quantitative estimate of drug-likeness (QED) is 0.590. The Balaban J connectivity index is 2.21. The molecule has 2 rings (SSSR count). The van der Waals surface area contributed by atoms with Crippen LogP contribution in [0.1, 0.15) is 23.6 Å². The first-order chi connectivity index (χ1) is 9.69. The summed E-state index contributed by atoms with van der Waals surface area (Å²) in [6, 6.07) is 16.8. The third-order valence-corrected chi connectivity index (χ3v) is 3.30. The molecule has 0 saturated heterocycles. The fraction of sp³-hybridized carbons (Fsp3) is 0.0588. The van der Waals surface area contributed by atoms with E-state index in [2.05, 4.69) is 17.9 Å². The van der Waals surface area contributed by atoms with E-state index >= 15 is 0 Å². The lowest BCUT2D eigenvalue weighted by Crippen LogP contribution is -1.83. The third kappa shape index (κ3) is 3.75. The van der Waals surface area contributed by atoms with Gasteiger partial charge in [-0.25, -0.2) is 0 Å². The number of nitriles is 1. The zero-order chi connectivity index (χ0) is 14.4. The SMILES string of the molecule is CC(=O)Sc1ccc(C#Cc2ccccc2C#N)cc1. The smallest absolute Gasteiger partial charge is 0.190 e. The summed E-state index contributed by atoms with van der Waals surface area (Å²) in [7, 11) is 0. The van der Waals surface area contributed by atoms with E-state index in [1.54, 1.807) is 6.07 Å². The van der Waals surface area contributed by atoms with Gasteiger partial charge in [-0.3, -0.25) is 4.79 Å². The Kier molecular flexibility index (Phi) is 4.60. The largest absolute Gasteiger partial charge is 0.287 e. The Hall–Kier alpha value is -2.49. The van der Waals surface area contributed by atoms with Gasteiger partial charge in [0.1, 0.15) is 6.07 Å². The number of hydrogen-bond donors (Lipinski definition) is 0. The van der Waals surface area contributed by atoms with Gasteiger partial charge in [-0.2, -0.15) is 5.26 Å². The molecule has 96 valence electrons. The summed E-state index contributed by atoms with van der Waals surface area (Å²) in [6.07, 6.45) is 0. The molecule has 0 aliphatic heterocycles. The minimum Gasteiger partial charge on any atom is -0.287 e. The van der Waals surface area contributed by atoms with Gasteiger partial charge >= 0.3 is 0 Å². The molecule has 0 saturated carbocycles. The first-order valence-corrected chi connectivity index (χ1v) is 6.80. The first-order valence-electron chi connectivity index (χ1n) is 5.98. The summed E-state index contributed by atoms with van der Waals surface area (Å²) in [5.41, 5.74) is 2.14. The topological polar surface area (TPSA) is 40.9 Å². The number of carbonyl (C=O) groups is 1. The van der Waals surface area contributed by atoms with E-state index in [1.807, 2.05) is 42.5 Å². The molecule has 0 N–H and O–H groups in total. The van der Waals surface area contributed by atoms with Crippen LogP contribution in [-0.2, 0) is 4.79 Å². The molecule has 2 nitrogen and oxygen atoms in total. The first kappa shape index (κ1) is 13.9. The third-order valence-electron chi connectivity index (χ3n) is 2.50. The van der Waals surface area contributed by atoms with Gasteiger partial charge < -0.3 is 0 Å². The molecule has 2 aromatic rings. The zero-order valence-electron chi connectivity index (χ0n) is 10.9. The summed E-state index contributed by atoms with van der Waals surface area (Å²) in [6.45, 7) is 1.54. The highest BCUT2D eigenvalue weighted by atomic mass is 32.2. The molecule has 0 fully saturated rings. The van der Waals surface area contributed by atoms with Crippen molar-refractivity contribution in [1.82, 2.24) is 0 Å². The number of hydrogen-bond acceptors (Lipinski definition) is 3. The minimum absolute atomic E-state index is 0.0618. The van der Waals surface area contributed by atoms with Crippen LogP contribution in [0.3, 0.4) is 0 Å². The van der Waals surface area contributed by atoms with Crippen molar-refractivity contribution in [1.29, 1.82) is 5.26 Å². The van der Waals surface area contributed by atoms with Crippen LogP contribution < -0.4 is 0 Å². The van der Waals surface area contributed by atoms with Gasteiger partial charge in [0, 0.05) is 22.9 Å². The van der Waals surface area contributed by atoms with E-state index in [4.69, 9.17) is 5.26 Å². The van der Waals surface area contributed by atoms with Gasteiger partial charge in [0.15, 0.2) is 5.12 Å². The molecule has 0 amide bonds. The monoisotopic (exact) mass is 277 g/mol. The summed E-state index contributed by atoms with van der Waals surface area (Å²) in [5, 5.41) is 9.05. The highest BCUT2D eigenvalue weighted by Crippen LogP contribution is 2.18. The molecule has 3 heteroatoms. The van der Waals surface area contributed by atoms with Crippen LogP contribution in [0.4, 0.5) is 0 Å². The average molecular weight is 277 g/mol. The highest BCUT2D eigenvalue weighted by molar-refractivity contribution is 8.13. The number of rotatable bonds is 1. The Morgan fingerprint density at radius 1 is 1.00 bits per heavy atom. The molecule has 20 heavy (non-hydrogen) atoms. The fourth-order valence-corrected chi connectivity index (χ4v) is 2.21. The van der Waals surface area contributed by atoms with Crippen molar-refractivity contribution in [3.05, 3.63) is 65.2 Å². The molecule has 0 radical (unpaired) electrons. The van der Waals surface area contributed by atoms with Crippen molar-refractivity contribution < 1.29 is 4.79 Å². The maximum absolute atomic E-state index is 11.0. The van der Waals surface area contributed by atoms with E-state index in [-0.39, 0.29) is 5.12 Å². The van der Waals surface area contributed by atoms with E-state index in [9.17, 15) is 4.79 Å². The molecular formula is C17H11NOS. The van der Waals surface area contributed by atoms with Crippen molar-refractivity contribution in [3.8, 4) is 17.9 Å². The fourth-order valence-electron chi connectivity index (χ4n) is 1.60. The highest BCUT2D eigenvalue weighted by Gasteiger charge is 1.98. The number of carbonyl (C=O) groups excluding carboxylic acids is 1.